The second kappa shape index (κ2) is 24.8. The molecular weight excluding hydrogens is 640 g/mol. The number of benzene rings is 1. The summed E-state index contributed by atoms with van der Waals surface area (Å²) >= 11 is 5.38. The summed E-state index contributed by atoms with van der Waals surface area (Å²) in [6, 6.07) is 6.84. The Morgan fingerprint density at radius 1 is 0.851 bits per heavy atom. The zero-order valence-corrected chi connectivity index (χ0v) is 27.2. The van der Waals surface area contributed by atoms with E-state index in [1.807, 2.05) is 24.3 Å². The Morgan fingerprint density at radius 3 is 1.98 bits per heavy atom. The molecule has 0 aliphatic rings. The molecule has 0 unspecified atom stereocenters. The van der Waals surface area contributed by atoms with E-state index < -0.39 is 31.1 Å². The minimum atomic E-state index is -1.20. The lowest BCUT2D eigenvalue weighted by Gasteiger charge is -2.34. The van der Waals surface area contributed by atoms with Gasteiger partial charge in [-0.25, -0.2) is 4.90 Å². The fraction of sp³-hybridized carbons (Fsp3) is 0.552. The molecule has 1 aromatic carbocycles. The number of amides is 1. The van der Waals surface area contributed by atoms with E-state index in [1.54, 1.807) is 16.8 Å². The van der Waals surface area contributed by atoms with Crippen LogP contribution in [0.1, 0.15) is 31.2 Å². The Bertz CT molecular complexity index is 1100. The van der Waals surface area contributed by atoms with Crippen LogP contribution in [0.25, 0.3) is 0 Å². The first-order valence-corrected chi connectivity index (χ1v) is 15.1. The van der Waals surface area contributed by atoms with Gasteiger partial charge < -0.3 is 40.4 Å². The highest BCUT2D eigenvalue weighted by Crippen LogP contribution is 2.15. The number of nitrogens with one attached hydrogen (secondary N) is 3. The van der Waals surface area contributed by atoms with Gasteiger partial charge in [0.25, 0.3) is 19.4 Å². The van der Waals surface area contributed by atoms with E-state index in [9.17, 15) is 39.0 Å². The van der Waals surface area contributed by atoms with Gasteiger partial charge in [-0.15, -0.1) is 0 Å². The fourth-order valence-electron chi connectivity index (χ4n) is 4.42. The molecule has 0 aromatic heterocycles. The van der Waals surface area contributed by atoms with Crippen LogP contribution in [-0.4, -0.2) is 140 Å². The first-order chi connectivity index (χ1) is 22.6. The Kier molecular flexibility index (Phi) is 21.4. The number of carboxylic acid groups (broad SMARTS) is 2. The predicted molar refractivity (Wildman–Crippen MR) is 172 cm³/mol. The Morgan fingerprint density at radius 2 is 1.43 bits per heavy atom. The Labute approximate surface area is 278 Å². The topological polar surface area (TPSA) is 216 Å². The third-order valence-electron chi connectivity index (χ3n) is 6.71. The summed E-state index contributed by atoms with van der Waals surface area (Å²) in [6.45, 7) is -0.0180. The molecular formula is C29H44N6O11S. The largest absolute Gasteiger partial charge is 0.480 e. The molecule has 0 radical (unpaired) electrons. The van der Waals surface area contributed by atoms with E-state index in [2.05, 4.69) is 16.0 Å². The lowest BCUT2D eigenvalue weighted by atomic mass is 10.0. The summed E-state index contributed by atoms with van der Waals surface area (Å²) in [5.74, 6) is -2.39. The van der Waals surface area contributed by atoms with Crippen LogP contribution in [0.15, 0.2) is 24.3 Å². The van der Waals surface area contributed by atoms with Gasteiger partial charge >= 0.3 is 11.9 Å². The highest BCUT2D eigenvalue weighted by atomic mass is 32.1. The smallest absolute Gasteiger partial charge is 0.317 e. The first kappa shape index (κ1) is 40.6. The summed E-state index contributed by atoms with van der Waals surface area (Å²) in [5, 5.41) is 27.6. The summed E-state index contributed by atoms with van der Waals surface area (Å²) in [5.41, 5.74) is 1.57. The predicted octanol–water partition coefficient (Wildman–Crippen LogP) is -0.343. The number of anilines is 1. The quantitative estimate of drug-likeness (QED) is 0.0251. The van der Waals surface area contributed by atoms with E-state index in [0.29, 0.717) is 24.5 Å². The minimum Gasteiger partial charge on any atom is -0.480 e. The monoisotopic (exact) mass is 684 g/mol. The van der Waals surface area contributed by atoms with Crippen molar-refractivity contribution < 1.29 is 53.2 Å². The van der Waals surface area contributed by atoms with Crippen LogP contribution in [0.3, 0.4) is 0 Å². The van der Waals surface area contributed by atoms with Gasteiger partial charge in [0, 0.05) is 51.4 Å². The average molecular weight is 685 g/mol. The molecule has 262 valence electrons. The number of hydrogen-bond donors (Lipinski definition) is 5. The number of thiocarbonyl (C=S) groups is 1. The molecule has 0 heterocycles. The van der Waals surface area contributed by atoms with Crippen molar-refractivity contribution in [1.82, 2.24) is 25.3 Å². The molecule has 47 heavy (non-hydrogen) atoms. The van der Waals surface area contributed by atoms with Crippen molar-refractivity contribution in [2.75, 3.05) is 71.8 Å². The van der Waals surface area contributed by atoms with Crippen LogP contribution in [0.5, 0.6) is 0 Å². The van der Waals surface area contributed by atoms with Crippen molar-refractivity contribution in [3.05, 3.63) is 29.8 Å². The van der Waals surface area contributed by atoms with E-state index >= 15 is 0 Å². The number of ether oxygens (including phenoxy) is 3. The number of rotatable bonds is 28. The van der Waals surface area contributed by atoms with Gasteiger partial charge in [-0.05, 0) is 49.2 Å². The molecule has 0 aliphatic heterocycles. The summed E-state index contributed by atoms with van der Waals surface area (Å²) in [7, 11) is 1.61. The molecule has 17 nitrogen and oxygen atoms in total. The maximum Gasteiger partial charge on any atom is 0.317 e. The van der Waals surface area contributed by atoms with Crippen LogP contribution in [0.4, 0.5) is 5.69 Å². The first-order valence-electron chi connectivity index (χ1n) is 14.7. The normalized spacial score (nSPS) is 11.4. The number of carbonyl (C=O) groups is 6. The molecule has 5 N–H and O–H groups in total. The van der Waals surface area contributed by atoms with Gasteiger partial charge in [0.05, 0.1) is 13.1 Å². The highest BCUT2D eigenvalue weighted by Gasteiger charge is 2.24. The minimum absolute atomic E-state index is 0.0164. The van der Waals surface area contributed by atoms with E-state index in [1.165, 1.54) is 4.90 Å². The van der Waals surface area contributed by atoms with Crippen molar-refractivity contribution in [2.24, 2.45) is 0 Å². The summed E-state index contributed by atoms with van der Waals surface area (Å²) < 4.78 is 14.9. The van der Waals surface area contributed by atoms with Gasteiger partial charge in [0.1, 0.15) is 20.2 Å². The van der Waals surface area contributed by atoms with E-state index in [-0.39, 0.29) is 65.2 Å². The molecule has 0 bridgehead atoms. The number of hydrogen-bond acceptors (Lipinski definition) is 13. The number of aliphatic carboxylic acids is 2. The van der Waals surface area contributed by atoms with Crippen LogP contribution in [0, 0.1) is 0 Å². The molecule has 0 saturated carbocycles. The summed E-state index contributed by atoms with van der Waals surface area (Å²) in [4.78, 5) is 71.2. The molecule has 1 aromatic rings. The molecule has 1 rings (SSSR count). The number of carbonyl (C=O) groups excluding carboxylic acids is 4. The maximum absolute atomic E-state index is 11.3. The molecule has 0 spiro atoms. The lowest BCUT2D eigenvalue weighted by Crippen LogP contribution is -2.49. The van der Waals surface area contributed by atoms with E-state index in [4.69, 9.17) is 26.4 Å². The number of carboxylic acids is 2. The standard InChI is InChI=1S/C29H44N6O11S/c1-30-26(39)5-3-2-4-10-31-29(47)32-24-8-6-23(7-9-24)13-25(35(18-45-21-37)19-46-22-38)14-34(17-44-20-36)12-11-33(15-27(40)41)16-28(42)43/h6-9,20-22,25H,2-5,10-19H2,1H3,(H,30,39)(H,40,41)(H,42,43)(H2,31,32,47)/t25-/m1/s1. The van der Waals surface area contributed by atoms with Crippen molar-refractivity contribution in [3.8, 4) is 0 Å². The van der Waals surface area contributed by atoms with Crippen molar-refractivity contribution in [1.29, 1.82) is 0 Å². The van der Waals surface area contributed by atoms with Crippen LogP contribution >= 0.6 is 12.2 Å². The van der Waals surface area contributed by atoms with Crippen LogP contribution in [0.2, 0.25) is 0 Å². The third-order valence-corrected chi connectivity index (χ3v) is 6.95. The molecule has 0 fully saturated rings. The molecule has 1 amide bonds. The Balaban J connectivity index is 2.98. The fourth-order valence-corrected chi connectivity index (χ4v) is 4.64. The van der Waals surface area contributed by atoms with Gasteiger partial charge in [-0.2, -0.15) is 0 Å². The number of nitrogens with zero attached hydrogens (tertiary/aromatic N) is 3. The molecule has 0 aliphatic carbocycles. The van der Waals surface area contributed by atoms with Crippen molar-refractivity contribution in [2.45, 2.75) is 38.1 Å². The SMILES string of the molecule is CNC(=O)CCCCCNC(=S)Nc1ccc(C[C@H](CN(CCN(CC(=O)O)CC(=O)O)COC=O)N(COC=O)COC=O)cc1. The van der Waals surface area contributed by atoms with E-state index in [0.717, 1.165) is 30.5 Å². The van der Waals surface area contributed by atoms with Gasteiger partial charge in [-0.3, -0.25) is 38.6 Å². The van der Waals surface area contributed by atoms with Gasteiger partial charge in [0.15, 0.2) is 5.11 Å². The molecule has 1 atom stereocenters. The maximum atomic E-state index is 11.3. The summed E-state index contributed by atoms with van der Waals surface area (Å²) in [6.07, 6.45) is 3.35. The second-order valence-electron chi connectivity index (χ2n) is 10.3. The Hall–Kier alpha value is -4.39. The van der Waals surface area contributed by atoms with Crippen molar-refractivity contribution >= 4 is 60.3 Å². The van der Waals surface area contributed by atoms with Crippen molar-refractivity contribution in [3.63, 3.8) is 0 Å². The molecule has 0 saturated heterocycles. The highest BCUT2D eigenvalue weighted by molar-refractivity contribution is 7.80. The van der Waals surface area contributed by atoms with Gasteiger partial charge in [0.2, 0.25) is 5.91 Å². The molecule has 18 heteroatoms. The van der Waals surface area contributed by atoms with Gasteiger partial charge in [-0.1, -0.05) is 18.6 Å². The zero-order chi connectivity index (χ0) is 34.9. The average Bonchev–Trinajstić information content (AvgIpc) is 3.03. The number of unbranched alkanes of at least 4 members (excludes halogenated alkanes) is 2. The van der Waals surface area contributed by atoms with Crippen LogP contribution < -0.4 is 16.0 Å². The third kappa shape index (κ3) is 19.7. The lowest BCUT2D eigenvalue weighted by molar-refractivity contribution is -0.147. The van der Waals surface area contributed by atoms with Crippen LogP contribution in [-0.2, 0) is 49.4 Å². The second-order valence-corrected chi connectivity index (χ2v) is 10.7. The zero-order valence-electron chi connectivity index (χ0n) is 26.3.